The molecule has 0 saturated heterocycles. The predicted molar refractivity (Wildman–Crippen MR) is 130 cm³/mol. The van der Waals surface area contributed by atoms with E-state index < -0.39 is 15.9 Å². The Morgan fingerprint density at radius 2 is 1.65 bits per heavy atom. The van der Waals surface area contributed by atoms with E-state index in [1.54, 1.807) is 13.2 Å². The minimum Gasteiger partial charge on any atom is -0.497 e. The van der Waals surface area contributed by atoms with Crippen molar-refractivity contribution in [3.8, 4) is 11.5 Å². The molecule has 0 fully saturated rings. The van der Waals surface area contributed by atoms with Crippen molar-refractivity contribution < 1.29 is 32.2 Å². The smallest absolute Gasteiger partial charge is 0.257 e. The van der Waals surface area contributed by atoms with E-state index in [2.05, 4.69) is 10.3 Å². The predicted octanol–water partition coefficient (Wildman–Crippen LogP) is 2.85. The van der Waals surface area contributed by atoms with Gasteiger partial charge in [-0.25, -0.2) is 13.4 Å². The van der Waals surface area contributed by atoms with Gasteiger partial charge in [0.25, 0.3) is 5.91 Å². The van der Waals surface area contributed by atoms with Crippen molar-refractivity contribution in [2.45, 2.75) is 4.90 Å². The number of ether oxygens (including phenoxy) is 4. The molecule has 0 spiro atoms. The third-order valence-corrected chi connectivity index (χ3v) is 7.78. The summed E-state index contributed by atoms with van der Waals surface area (Å²) in [6.07, 6.45) is 0. The molecular weight excluding hydrogens is 482 g/mol. The molecule has 0 saturated carbocycles. The number of anilines is 1. The molecule has 1 amide bonds. The highest BCUT2D eigenvalue weighted by Crippen LogP contribution is 2.36. The number of sulfonamides is 1. The van der Waals surface area contributed by atoms with Crippen LogP contribution in [0.2, 0.25) is 0 Å². The van der Waals surface area contributed by atoms with Gasteiger partial charge in [-0.3, -0.25) is 10.1 Å². The molecular formula is C22H27N3O7S2. The van der Waals surface area contributed by atoms with Crippen molar-refractivity contribution in [3.05, 3.63) is 42.0 Å². The highest BCUT2D eigenvalue weighted by molar-refractivity contribution is 7.89. The maximum atomic E-state index is 13.0. The van der Waals surface area contributed by atoms with E-state index in [0.717, 1.165) is 4.70 Å². The number of hydrogen-bond donors (Lipinski definition) is 1. The van der Waals surface area contributed by atoms with E-state index in [4.69, 9.17) is 18.9 Å². The van der Waals surface area contributed by atoms with Crippen molar-refractivity contribution in [2.24, 2.45) is 0 Å². The summed E-state index contributed by atoms with van der Waals surface area (Å²) in [4.78, 5) is 17.3. The first-order valence-corrected chi connectivity index (χ1v) is 12.5. The Labute approximate surface area is 202 Å². The Morgan fingerprint density at radius 3 is 2.21 bits per heavy atom. The monoisotopic (exact) mass is 509 g/mol. The van der Waals surface area contributed by atoms with Gasteiger partial charge < -0.3 is 18.9 Å². The second kappa shape index (κ2) is 11.6. The van der Waals surface area contributed by atoms with Crippen molar-refractivity contribution in [3.63, 3.8) is 0 Å². The van der Waals surface area contributed by atoms with Crippen LogP contribution in [0.5, 0.6) is 11.5 Å². The molecule has 0 aliphatic rings. The average molecular weight is 510 g/mol. The quantitative estimate of drug-likeness (QED) is 0.396. The zero-order valence-corrected chi connectivity index (χ0v) is 21.0. The molecule has 3 aromatic rings. The number of nitrogens with one attached hydrogen (secondary N) is 1. The number of nitrogens with zero attached hydrogens (tertiary/aromatic N) is 2. The van der Waals surface area contributed by atoms with Gasteiger partial charge >= 0.3 is 0 Å². The number of benzene rings is 2. The van der Waals surface area contributed by atoms with Gasteiger partial charge in [-0.1, -0.05) is 11.3 Å². The van der Waals surface area contributed by atoms with E-state index in [1.807, 2.05) is 6.07 Å². The first kappa shape index (κ1) is 25.8. The zero-order chi connectivity index (χ0) is 24.7. The lowest BCUT2D eigenvalue weighted by molar-refractivity contribution is 0.102. The van der Waals surface area contributed by atoms with Gasteiger partial charge in [0.15, 0.2) is 5.13 Å². The second-order valence-electron chi connectivity index (χ2n) is 7.06. The van der Waals surface area contributed by atoms with Gasteiger partial charge in [-0.2, -0.15) is 4.31 Å². The first-order chi connectivity index (χ1) is 16.3. The lowest BCUT2D eigenvalue weighted by Gasteiger charge is -2.21. The molecule has 184 valence electrons. The van der Waals surface area contributed by atoms with Crippen LogP contribution in [-0.2, 0) is 19.5 Å². The molecule has 3 rings (SSSR count). The van der Waals surface area contributed by atoms with E-state index in [-0.39, 0.29) is 31.2 Å². The summed E-state index contributed by atoms with van der Waals surface area (Å²) in [5.41, 5.74) is 0.903. The molecule has 0 unspecified atom stereocenters. The molecule has 0 bridgehead atoms. The number of carbonyl (C=O) groups excluding carboxylic acids is 1. The Morgan fingerprint density at radius 1 is 1.00 bits per heavy atom. The number of fused-ring (bicyclic) bond motifs is 1. The van der Waals surface area contributed by atoms with Gasteiger partial charge in [-0.05, 0) is 30.3 Å². The molecule has 0 atom stereocenters. The summed E-state index contributed by atoms with van der Waals surface area (Å²) in [5.74, 6) is 0.740. The third kappa shape index (κ3) is 5.83. The summed E-state index contributed by atoms with van der Waals surface area (Å²) < 4.78 is 48.8. The molecule has 10 nitrogen and oxygen atoms in total. The van der Waals surface area contributed by atoms with Gasteiger partial charge in [0.05, 0.1) is 37.0 Å². The molecule has 34 heavy (non-hydrogen) atoms. The van der Waals surface area contributed by atoms with Crippen LogP contribution in [0.4, 0.5) is 5.13 Å². The van der Waals surface area contributed by atoms with Crippen molar-refractivity contribution in [1.29, 1.82) is 0 Å². The number of aromatic nitrogens is 1. The van der Waals surface area contributed by atoms with Crippen molar-refractivity contribution in [2.75, 3.05) is 60.1 Å². The Kier molecular flexibility index (Phi) is 8.80. The Hall–Kier alpha value is -2.77. The largest absolute Gasteiger partial charge is 0.497 e. The SMILES string of the molecule is COCCN(CCOC)S(=O)(=O)c1ccc(C(=O)Nc2nc3c(OC)cc(OC)cc3s2)cc1. The lowest BCUT2D eigenvalue weighted by atomic mass is 10.2. The van der Waals surface area contributed by atoms with E-state index in [0.29, 0.717) is 27.7 Å². The highest BCUT2D eigenvalue weighted by atomic mass is 32.2. The first-order valence-electron chi connectivity index (χ1n) is 10.3. The summed E-state index contributed by atoms with van der Waals surface area (Å²) in [7, 11) is 2.33. The maximum Gasteiger partial charge on any atom is 0.257 e. The normalized spacial score (nSPS) is 11.7. The Bertz CT molecular complexity index is 1220. The van der Waals surface area contributed by atoms with Gasteiger partial charge in [0, 0.05) is 38.9 Å². The number of thiazole rings is 1. The average Bonchev–Trinajstić information content (AvgIpc) is 3.25. The standard InChI is InChI=1S/C22H27N3O7S2/c1-29-11-9-25(10-12-30-2)34(27,28)17-7-5-15(6-8-17)21(26)24-22-23-20-18(32-4)13-16(31-3)14-19(20)33-22/h5-8,13-14H,9-12H2,1-4H3,(H,23,24,26). The van der Waals surface area contributed by atoms with Crippen LogP contribution in [-0.4, -0.2) is 78.4 Å². The fourth-order valence-corrected chi connectivity index (χ4v) is 5.45. The maximum absolute atomic E-state index is 13.0. The summed E-state index contributed by atoms with van der Waals surface area (Å²) in [6.45, 7) is 0.886. The van der Waals surface area contributed by atoms with Gasteiger partial charge in [0.1, 0.15) is 17.0 Å². The fraction of sp³-hybridized carbons (Fsp3) is 0.364. The molecule has 1 heterocycles. The molecule has 12 heteroatoms. The van der Waals surface area contributed by atoms with E-state index in [1.165, 1.54) is 61.2 Å². The van der Waals surface area contributed by atoms with E-state index in [9.17, 15) is 13.2 Å². The van der Waals surface area contributed by atoms with Crippen LogP contribution < -0.4 is 14.8 Å². The van der Waals surface area contributed by atoms with Crippen LogP contribution in [0.1, 0.15) is 10.4 Å². The third-order valence-electron chi connectivity index (χ3n) is 4.95. The summed E-state index contributed by atoms with van der Waals surface area (Å²) in [6, 6.07) is 9.26. The number of methoxy groups -OCH3 is 4. The van der Waals surface area contributed by atoms with Crippen LogP contribution in [0, 0.1) is 0 Å². The fourth-order valence-electron chi connectivity index (χ4n) is 3.14. The molecule has 0 aliphatic heterocycles. The molecule has 0 aliphatic carbocycles. The van der Waals surface area contributed by atoms with Crippen LogP contribution in [0.15, 0.2) is 41.3 Å². The minimum absolute atomic E-state index is 0.0769. The van der Waals surface area contributed by atoms with Gasteiger partial charge in [-0.15, -0.1) is 0 Å². The lowest BCUT2D eigenvalue weighted by Crippen LogP contribution is -2.36. The minimum atomic E-state index is -3.77. The highest BCUT2D eigenvalue weighted by Gasteiger charge is 2.24. The summed E-state index contributed by atoms with van der Waals surface area (Å²) in [5, 5.41) is 3.14. The van der Waals surface area contributed by atoms with Crippen molar-refractivity contribution >= 4 is 42.6 Å². The molecule has 2 aromatic carbocycles. The number of carbonyl (C=O) groups is 1. The topological polar surface area (TPSA) is 116 Å². The zero-order valence-electron chi connectivity index (χ0n) is 19.4. The van der Waals surface area contributed by atoms with Crippen LogP contribution in [0.25, 0.3) is 10.2 Å². The number of amides is 1. The van der Waals surface area contributed by atoms with Crippen LogP contribution in [0.3, 0.4) is 0 Å². The molecule has 1 aromatic heterocycles. The number of hydrogen-bond acceptors (Lipinski definition) is 9. The van der Waals surface area contributed by atoms with Crippen LogP contribution >= 0.6 is 11.3 Å². The molecule has 0 radical (unpaired) electrons. The van der Waals surface area contributed by atoms with Crippen molar-refractivity contribution in [1.82, 2.24) is 9.29 Å². The number of rotatable bonds is 12. The summed E-state index contributed by atoms with van der Waals surface area (Å²) >= 11 is 1.28. The second-order valence-corrected chi connectivity index (χ2v) is 10.0. The van der Waals surface area contributed by atoms with E-state index >= 15 is 0 Å². The Balaban J connectivity index is 1.78. The van der Waals surface area contributed by atoms with Gasteiger partial charge in [0.2, 0.25) is 10.0 Å². The molecule has 1 N–H and O–H groups in total.